The third-order valence-corrected chi connectivity index (χ3v) is 8.74. The topological polar surface area (TPSA) is 99.1 Å². The zero-order valence-electron chi connectivity index (χ0n) is 37.1. The molecule has 0 radical (unpaired) electrons. The van der Waals surface area contributed by atoms with Crippen molar-refractivity contribution in [2.24, 2.45) is 0 Å². The van der Waals surface area contributed by atoms with Gasteiger partial charge in [-0.25, -0.2) is 4.79 Å². The zero-order valence-corrected chi connectivity index (χ0v) is 37.1. The molecule has 0 aliphatic heterocycles. The van der Waals surface area contributed by atoms with Crippen molar-refractivity contribution in [3.05, 3.63) is 134 Å². The summed E-state index contributed by atoms with van der Waals surface area (Å²) in [5.74, 6) is -1.59. The maximum absolute atomic E-state index is 12.7. The van der Waals surface area contributed by atoms with Gasteiger partial charge in [0, 0.05) is 19.3 Å². The number of nitrogens with zero attached hydrogens (tertiary/aromatic N) is 1. The van der Waals surface area contributed by atoms with E-state index in [0.29, 0.717) is 19.3 Å². The van der Waals surface area contributed by atoms with Crippen LogP contribution in [0.1, 0.15) is 117 Å². The highest BCUT2D eigenvalue weighted by Crippen LogP contribution is 2.11. The number of allylic oxidation sites excluding steroid dienone is 22. The van der Waals surface area contributed by atoms with E-state index in [9.17, 15) is 19.5 Å². The summed E-state index contributed by atoms with van der Waals surface area (Å²) in [6.07, 6.45) is 57.8. The lowest BCUT2D eigenvalue weighted by Crippen LogP contribution is -2.50. The van der Waals surface area contributed by atoms with Gasteiger partial charge in [0.05, 0.1) is 34.4 Å². The van der Waals surface area contributed by atoms with Crippen LogP contribution in [-0.4, -0.2) is 80.6 Å². The lowest BCUT2D eigenvalue weighted by molar-refractivity contribution is -0.887. The molecule has 0 heterocycles. The third kappa shape index (κ3) is 38.7. The van der Waals surface area contributed by atoms with Crippen LogP contribution in [0.3, 0.4) is 0 Å². The molecule has 0 saturated heterocycles. The molecule has 2 unspecified atom stereocenters. The van der Waals surface area contributed by atoms with Gasteiger partial charge < -0.3 is 23.8 Å². The summed E-state index contributed by atoms with van der Waals surface area (Å²) >= 11 is 0. The number of likely N-dealkylation sites (N-methyl/N-ethyl adjacent to an activating group) is 1. The Morgan fingerprint density at radius 2 is 0.983 bits per heavy atom. The van der Waals surface area contributed by atoms with Crippen LogP contribution in [-0.2, 0) is 28.6 Å². The smallest absolute Gasteiger partial charge is 0.362 e. The number of hydrogen-bond acceptors (Lipinski definition) is 6. The van der Waals surface area contributed by atoms with Crippen LogP contribution in [0.15, 0.2) is 134 Å². The normalized spacial score (nSPS) is 14.3. The quantitative estimate of drug-likeness (QED) is 0.0221. The Kier molecular flexibility index (Phi) is 37.2. The van der Waals surface area contributed by atoms with E-state index in [-0.39, 0.29) is 42.7 Å². The average Bonchev–Trinajstić information content (AvgIpc) is 3.19. The first-order chi connectivity index (χ1) is 28.6. The van der Waals surface area contributed by atoms with E-state index in [4.69, 9.17) is 14.2 Å². The molecule has 8 nitrogen and oxygen atoms in total. The maximum Gasteiger partial charge on any atom is 0.362 e. The molecule has 8 heteroatoms. The highest BCUT2D eigenvalue weighted by molar-refractivity contribution is 5.72. The Balaban J connectivity index is 4.56. The zero-order chi connectivity index (χ0) is 43.5. The van der Waals surface area contributed by atoms with Crippen molar-refractivity contribution in [1.29, 1.82) is 0 Å². The van der Waals surface area contributed by atoms with Crippen LogP contribution in [0, 0.1) is 0 Å². The van der Waals surface area contributed by atoms with E-state index < -0.39 is 18.1 Å². The molecule has 2 atom stereocenters. The molecule has 0 rings (SSSR count). The van der Waals surface area contributed by atoms with Crippen LogP contribution < -0.4 is 0 Å². The van der Waals surface area contributed by atoms with Crippen molar-refractivity contribution in [1.82, 2.24) is 0 Å². The van der Waals surface area contributed by atoms with Gasteiger partial charge >= 0.3 is 17.9 Å². The number of esters is 2. The van der Waals surface area contributed by atoms with Gasteiger partial charge in [0.25, 0.3) is 0 Å². The van der Waals surface area contributed by atoms with Crippen LogP contribution >= 0.6 is 0 Å². The third-order valence-electron chi connectivity index (χ3n) is 8.74. The van der Waals surface area contributed by atoms with Gasteiger partial charge in [0.15, 0.2) is 12.1 Å². The van der Waals surface area contributed by atoms with Gasteiger partial charge in [-0.05, 0) is 70.6 Å². The predicted molar refractivity (Wildman–Crippen MR) is 247 cm³/mol. The minimum absolute atomic E-state index is 0.0208. The molecule has 0 saturated carbocycles. The fourth-order valence-corrected chi connectivity index (χ4v) is 5.42. The number of rotatable bonds is 36. The molecule has 0 spiro atoms. The Morgan fingerprint density at radius 3 is 1.49 bits per heavy atom. The molecule has 328 valence electrons. The second kappa shape index (κ2) is 40.3. The van der Waals surface area contributed by atoms with Crippen molar-refractivity contribution in [3.63, 3.8) is 0 Å². The molecular formula is C51H78NO7+. The number of carbonyl (C=O) groups excluding carboxylic acids is 2. The Morgan fingerprint density at radius 1 is 0.525 bits per heavy atom. The van der Waals surface area contributed by atoms with Gasteiger partial charge in [0.2, 0.25) is 0 Å². The molecular weight excluding hydrogens is 739 g/mol. The molecule has 1 N–H and O–H groups in total. The second-order valence-corrected chi connectivity index (χ2v) is 15.0. The van der Waals surface area contributed by atoms with E-state index in [1.54, 1.807) is 0 Å². The van der Waals surface area contributed by atoms with Gasteiger partial charge in [-0.15, -0.1) is 0 Å². The fourth-order valence-electron chi connectivity index (χ4n) is 5.42. The predicted octanol–water partition coefficient (Wildman–Crippen LogP) is 12.0. The summed E-state index contributed by atoms with van der Waals surface area (Å²) in [7, 11) is 5.48. The average molecular weight is 817 g/mol. The maximum atomic E-state index is 12.7. The number of hydrogen-bond donors (Lipinski definition) is 1. The van der Waals surface area contributed by atoms with E-state index in [1.165, 1.54) is 0 Å². The lowest BCUT2D eigenvalue weighted by atomic mass is 10.1. The first-order valence-electron chi connectivity index (χ1n) is 21.8. The summed E-state index contributed by atoms with van der Waals surface area (Å²) in [6, 6.07) is -0.638. The highest BCUT2D eigenvalue weighted by Gasteiger charge is 2.31. The number of ether oxygens (including phenoxy) is 3. The van der Waals surface area contributed by atoms with Crippen LogP contribution in [0.25, 0.3) is 0 Å². The summed E-state index contributed by atoms with van der Waals surface area (Å²) in [5.41, 5.74) is 0. The molecule has 0 aromatic rings. The number of carboxylic acids is 1. The van der Waals surface area contributed by atoms with Crippen LogP contribution in [0.5, 0.6) is 0 Å². The second-order valence-electron chi connectivity index (χ2n) is 15.0. The summed E-state index contributed by atoms with van der Waals surface area (Å²) in [4.78, 5) is 37.0. The van der Waals surface area contributed by atoms with E-state index in [1.807, 2.05) is 94.1 Å². The standard InChI is InChI=1S/C51H77NO7/c1-6-8-10-12-14-16-18-20-22-24-25-26-28-30-32-34-36-38-40-42-50(54)59-47(45-57-44-43-48(51(55)56)52(3,4)5)46-58-49(53)41-39-37-35-33-31-29-27-23-21-19-17-15-13-11-9-7-2/h8-12,14-18,20-26,28-32,47-48H,6-7,13,19,27,33-46H2,1-5H3/p+1/b10-8+,11-9+,14-12+,17-15+,18-16+,22-20+,23-21+,25-24+,28-26+,31-29+,32-30+. The largest absolute Gasteiger partial charge is 0.477 e. The fraction of sp³-hybridized carbons (Fsp3) is 0.510. The molecule has 0 aliphatic carbocycles. The Hall–Kier alpha value is -4.53. The molecule has 0 fully saturated rings. The van der Waals surface area contributed by atoms with Gasteiger partial charge in [-0.3, -0.25) is 9.59 Å². The van der Waals surface area contributed by atoms with Crippen molar-refractivity contribution in [2.75, 3.05) is 41.0 Å². The molecule has 0 aliphatic rings. The Bertz CT molecular complexity index is 1420. The molecule has 59 heavy (non-hydrogen) atoms. The minimum atomic E-state index is -0.896. The van der Waals surface area contributed by atoms with Crippen molar-refractivity contribution in [3.8, 4) is 0 Å². The van der Waals surface area contributed by atoms with E-state index in [0.717, 1.165) is 77.0 Å². The minimum Gasteiger partial charge on any atom is -0.477 e. The van der Waals surface area contributed by atoms with Gasteiger partial charge in [-0.1, -0.05) is 160 Å². The number of unbranched alkanes of at least 4 members (excludes halogenated alkanes) is 6. The van der Waals surface area contributed by atoms with Crippen molar-refractivity contribution in [2.45, 2.75) is 129 Å². The summed E-state index contributed by atoms with van der Waals surface area (Å²) < 4.78 is 17.2. The number of carboxylic acid groups (broad SMARTS) is 1. The molecule has 0 aromatic heterocycles. The van der Waals surface area contributed by atoms with Gasteiger partial charge in [-0.2, -0.15) is 0 Å². The number of aliphatic carboxylic acids is 1. The van der Waals surface area contributed by atoms with Crippen molar-refractivity contribution < 1.29 is 38.2 Å². The van der Waals surface area contributed by atoms with Crippen LogP contribution in [0.4, 0.5) is 0 Å². The highest BCUT2D eigenvalue weighted by atomic mass is 16.6. The summed E-state index contributed by atoms with van der Waals surface area (Å²) in [5, 5.41) is 9.62. The summed E-state index contributed by atoms with van der Waals surface area (Å²) in [6.45, 7) is 4.35. The SMILES string of the molecule is CC/C=C/C=C/C=C/C=C/C=C/C=C/C=C/CCCCCC(=O)OC(COCCC(C(=O)O)[N+](C)(C)C)COC(=O)CCCCC/C=C/C/C=C/C/C=C/C/C=C/CC. The lowest BCUT2D eigenvalue weighted by Gasteiger charge is -2.31. The number of carbonyl (C=O) groups is 3. The molecule has 0 bridgehead atoms. The van der Waals surface area contributed by atoms with Crippen molar-refractivity contribution >= 4 is 17.9 Å². The van der Waals surface area contributed by atoms with E-state index >= 15 is 0 Å². The first kappa shape index (κ1) is 54.5. The Labute approximate surface area is 358 Å². The first-order valence-corrected chi connectivity index (χ1v) is 21.8. The monoisotopic (exact) mass is 817 g/mol. The van der Waals surface area contributed by atoms with Crippen LogP contribution in [0.2, 0.25) is 0 Å². The van der Waals surface area contributed by atoms with Gasteiger partial charge in [0.1, 0.15) is 6.61 Å². The molecule has 0 aromatic carbocycles. The number of quaternary nitrogens is 1. The van der Waals surface area contributed by atoms with E-state index in [2.05, 4.69) is 74.6 Å². The molecule has 0 amide bonds.